The van der Waals surface area contributed by atoms with E-state index in [1.54, 1.807) is 13.8 Å². The van der Waals surface area contributed by atoms with Gasteiger partial charge in [0.15, 0.2) is 18.5 Å². The molecule has 0 saturated carbocycles. The van der Waals surface area contributed by atoms with Crippen LogP contribution in [0.4, 0.5) is 4.39 Å². The van der Waals surface area contributed by atoms with E-state index >= 15 is 4.39 Å². The van der Waals surface area contributed by atoms with Gasteiger partial charge in [-0.2, -0.15) is 0 Å². The molecule has 208 valence electrons. The Balaban J connectivity index is 1.62. The van der Waals surface area contributed by atoms with Crippen molar-refractivity contribution in [1.29, 1.82) is 0 Å². The molecule has 1 N–H and O–H groups in total. The number of unbranched alkanes of at least 4 members (excludes halogenated alkanes) is 1. The number of ether oxygens (including phenoxy) is 3. The predicted molar refractivity (Wildman–Crippen MR) is 124 cm³/mol. The van der Waals surface area contributed by atoms with Gasteiger partial charge >= 0.3 is 25.5 Å². The summed E-state index contributed by atoms with van der Waals surface area (Å²) in [6, 6.07) is 1.01. The van der Waals surface area contributed by atoms with Gasteiger partial charge in [0, 0.05) is 18.2 Å². The molecule has 0 bridgehead atoms. The molecule has 13 nitrogen and oxygen atoms in total. The Bertz CT molecular complexity index is 1090. The number of phosphoric ester groups is 1. The van der Waals surface area contributed by atoms with Crippen LogP contribution >= 0.6 is 7.82 Å². The normalized spacial score (nSPS) is 29.8. The van der Waals surface area contributed by atoms with E-state index in [4.69, 9.17) is 27.8 Å². The standard InChI is InChI=1S/C22H32FN2O11P/c1-4-5-8-31-17(27)9-14-10-32-37(30,33-11-14)34-12-15-19(36-21(28)13(2)3)18(23)20(35-15)25-7-6-16(26)24-22(25)29/h6-7,13-15,18-20H,4-5,8-12H2,1-3H3,(H,24,26,29)/t14?,15-,18-,19-,20-,37?/m1/s1. The lowest BCUT2D eigenvalue weighted by atomic mass is 10.1. The average Bonchev–Trinajstić information content (AvgIpc) is 3.14. The second-order valence-corrected chi connectivity index (χ2v) is 10.7. The minimum Gasteiger partial charge on any atom is -0.466 e. The minimum atomic E-state index is -4.09. The quantitative estimate of drug-likeness (QED) is 0.243. The summed E-state index contributed by atoms with van der Waals surface area (Å²) in [7, 11) is -4.09. The van der Waals surface area contributed by atoms with Gasteiger partial charge in [0.1, 0.15) is 6.10 Å². The highest BCUT2D eigenvalue weighted by Crippen LogP contribution is 2.53. The van der Waals surface area contributed by atoms with Gasteiger partial charge in [-0.3, -0.25) is 37.5 Å². The number of alkyl halides is 1. The molecule has 4 atom stereocenters. The topological polar surface area (TPSA) is 161 Å². The van der Waals surface area contributed by atoms with Crippen LogP contribution in [-0.2, 0) is 41.9 Å². The number of H-pyrrole nitrogens is 1. The van der Waals surface area contributed by atoms with Crippen molar-refractivity contribution in [2.75, 3.05) is 26.4 Å². The monoisotopic (exact) mass is 550 g/mol. The number of halogens is 1. The Morgan fingerprint density at radius 2 is 1.97 bits per heavy atom. The summed E-state index contributed by atoms with van der Waals surface area (Å²) in [5.41, 5.74) is -1.61. The molecule has 3 rings (SSSR count). The number of carbonyl (C=O) groups excluding carboxylic acids is 2. The second kappa shape index (κ2) is 12.9. The first-order valence-electron chi connectivity index (χ1n) is 12.0. The highest BCUT2D eigenvalue weighted by Gasteiger charge is 2.50. The van der Waals surface area contributed by atoms with Gasteiger partial charge in [-0.05, 0) is 6.42 Å². The molecule has 0 spiro atoms. The number of phosphoric acid groups is 1. The molecule has 0 aliphatic carbocycles. The van der Waals surface area contributed by atoms with Crippen LogP contribution in [0.2, 0.25) is 0 Å². The second-order valence-electron chi connectivity index (χ2n) is 9.06. The fraction of sp³-hybridized carbons (Fsp3) is 0.727. The van der Waals surface area contributed by atoms with Crippen molar-refractivity contribution < 1.29 is 46.3 Å². The largest absolute Gasteiger partial charge is 0.474 e. The maximum absolute atomic E-state index is 15.4. The Hall–Kier alpha value is -2.38. The van der Waals surface area contributed by atoms with Crippen LogP contribution in [0, 0.1) is 11.8 Å². The first-order chi connectivity index (χ1) is 17.5. The van der Waals surface area contributed by atoms with E-state index in [0.29, 0.717) is 6.61 Å². The van der Waals surface area contributed by atoms with E-state index in [-0.39, 0.29) is 19.6 Å². The third kappa shape index (κ3) is 7.81. The molecule has 0 unspecified atom stereocenters. The lowest BCUT2D eigenvalue weighted by Gasteiger charge is -2.28. The SMILES string of the molecule is CCCCOC(=O)CC1COP(=O)(OC[C@H]2O[C@@H](n3ccc(=O)[nH]c3=O)[C@H](F)[C@@H]2OC(=O)C(C)C)OC1. The highest BCUT2D eigenvalue weighted by molar-refractivity contribution is 7.48. The third-order valence-corrected chi connectivity index (χ3v) is 7.06. The molecule has 2 saturated heterocycles. The molecule has 0 aromatic carbocycles. The van der Waals surface area contributed by atoms with E-state index in [1.807, 2.05) is 11.9 Å². The zero-order valence-electron chi connectivity index (χ0n) is 20.8. The van der Waals surface area contributed by atoms with E-state index in [1.165, 1.54) is 0 Å². The van der Waals surface area contributed by atoms with Gasteiger partial charge in [-0.1, -0.05) is 27.2 Å². The molecule has 2 fully saturated rings. The van der Waals surface area contributed by atoms with E-state index in [0.717, 1.165) is 29.7 Å². The van der Waals surface area contributed by atoms with E-state index in [2.05, 4.69) is 0 Å². The van der Waals surface area contributed by atoms with Crippen LogP contribution in [0.3, 0.4) is 0 Å². The van der Waals surface area contributed by atoms with Crippen LogP contribution in [0.1, 0.15) is 46.3 Å². The summed E-state index contributed by atoms with van der Waals surface area (Å²) in [5, 5.41) is 0. The lowest BCUT2D eigenvalue weighted by molar-refractivity contribution is -0.158. The molecule has 0 radical (unpaired) electrons. The minimum absolute atomic E-state index is 0.0157. The molecular formula is C22H32FN2O11P. The summed E-state index contributed by atoms with van der Waals surface area (Å²) in [5.74, 6) is -2.12. The van der Waals surface area contributed by atoms with Crippen LogP contribution in [-0.4, -0.2) is 66.3 Å². The van der Waals surface area contributed by atoms with Crippen molar-refractivity contribution in [3.63, 3.8) is 0 Å². The van der Waals surface area contributed by atoms with Crippen molar-refractivity contribution >= 4 is 19.8 Å². The van der Waals surface area contributed by atoms with Gasteiger partial charge in [0.05, 0.1) is 38.8 Å². The number of rotatable bonds is 11. The van der Waals surface area contributed by atoms with Crippen molar-refractivity contribution in [3.8, 4) is 0 Å². The fourth-order valence-electron chi connectivity index (χ4n) is 3.55. The molecule has 2 aliphatic rings. The number of carbonyl (C=O) groups is 2. The summed E-state index contributed by atoms with van der Waals surface area (Å²) >= 11 is 0. The molecule has 2 aliphatic heterocycles. The summed E-state index contributed by atoms with van der Waals surface area (Å²) in [6.45, 7) is 4.64. The van der Waals surface area contributed by atoms with Crippen LogP contribution in [0.25, 0.3) is 0 Å². The summed E-state index contributed by atoms with van der Waals surface area (Å²) in [4.78, 5) is 49.6. The smallest absolute Gasteiger partial charge is 0.466 e. The van der Waals surface area contributed by atoms with Crippen LogP contribution in [0.5, 0.6) is 0 Å². The van der Waals surface area contributed by atoms with Crippen molar-refractivity contribution in [1.82, 2.24) is 9.55 Å². The number of aromatic nitrogens is 2. The number of esters is 2. The van der Waals surface area contributed by atoms with Gasteiger partial charge in [-0.25, -0.2) is 13.8 Å². The summed E-state index contributed by atoms with van der Waals surface area (Å²) in [6.07, 6.45) is -3.67. The molecule has 3 heterocycles. The van der Waals surface area contributed by atoms with E-state index < -0.39 is 74.1 Å². The third-order valence-electron chi connectivity index (χ3n) is 5.67. The molecule has 1 aromatic heterocycles. The van der Waals surface area contributed by atoms with Crippen molar-refractivity contribution in [2.45, 2.75) is 64.6 Å². The fourth-order valence-corrected chi connectivity index (χ4v) is 4.89. The molecule has 15 heteroatoms. The van der Waals surface area contributed by atoms with Gasteiger partial charge < -0.3 is 14.2 Å². The first-order valence-corrected chi connectivity index (χ1v) is 13.5. The number of aromatic amines is 1. The Morgan fingerprint density at radius 1 is 1.27 bits per heavy atom. The zero-order valence-corrected chi connectivity index (χ0v) is 21.7. The number of nitrogens with one attached hydrogen (secondary N) is 1. The molecule has 0 amide bonds. The first kappa shape index (κ1) is 29.2. The Labute approximate surface area is 212 Å². The number of nitrogens with zero attached hydrogens (tertiary/aromatic N) is 1. The maximum atomic E-state index is 15.4. The van der Waals surface area contributed by atoms with Gasteiger partial charge in [0.2, 0.25) is 0 Å². The lowest BCUT2D eigenvalue weighted by Crippen LogP contribution is -2.39. The van der Waals surface area contributed by atoms with Gasteiger partial charge in [0.25, 0.3) is 5.56 Å². The van der Waals surface area contributed by atoms with Crippen LogP contribution < -0.4 is 11.2 Å². The van der Waals surface area contributed by atoms with E-state index in [9.17, 15) is 23.7 Å². The van der Waals surface area contributed by atoms with Gasteiger partial charge in [-0.15, -0.1) is 0 Å². The maximum Gasteiger partial charge on any atom is 0.474 e. The van der Waals surface area contributed by atoms with Crippen LogP contribution in [0.15, 0.2) is 21.9 Å². The zero-order chi connectivity index (χ0) is 27.2. The van der Waals surface area contributed by atoms with Crippen molar-refractivity contribution in [2.24, 2.45) is 11.8 Å². The Kier molecular flexibility index (Phi) is 10.2. The average molecular weight is 550 g/mol. The van der Waals surface area contributed by atoms with Crippen molar-refractivity contribution in [3.05, 3.63) is 33.1 Å². The number of hydrogen-bond acceptors (Lipinski definition) is 11. The summed E-state index contributed by atoms with van der Waals surface area (Å²) < 4.78 is 60.8. The number of hydrogen-bond donors (Lipinski definition) is 1. The molecule has 37 heavy (non-hydrogen) atoms. The highest BCUT2D eigenvalue weighted by atomic mass is 31.2. The predicted octanol–water partition coefficient (Wildman–Crippen LogP) is 1.86. The molecule has 1 aromatic rings. The Morgan fingerprint density at radius 3 is 2.59 bits per heavy atom. The molecular weight excluding hydrogens is 518 g/mol.